The van der Waals surface area contributed by atoms with Crippen molar-refractivity contribution in [2.75, 3.05) is 5.33 Å². The van der Waals surface area contributed by atoms with Crippen molar-refractivity contribution in [3.8, 4) is 0 Å². The van der Waals surface area contributed by atoms with Gasteiger partial charge in [-0.05, 0) is 19.3 Å². The summed E-state index contributed by atoms with van der Waals surface area (Å²) in [5.41, 5.74) is 0. The third-order valence-electron chi connectivity index (χ3n) is 4.29. The van der Waals surface area contributed by atoms with Crippen LogP contribution in [0.25, 0.3) is 0 Å². The molecule has 126 valence electrons. The van der Waals surface area contributed by atoms with E-state index < -0.39 is 0 Å². The standard InChI is InChI=1S/C20H39Br/c1-2-3-4-5-6-7-8-9-10-11-12-13-14-15-16-17-18-19-20-21/h2H,1,3-20H2. The van der Waals surface area contributed by atoms with E-state index in [0.717, 1.165) is 0 Å². The van der Waals surface area contributed by atoms with E-state index in [4.69, 9.17) is 0 Å². The molecule has 0 unspecified atom stereocenters. The van der Waals surface area contributed by atoms with Crippen LogP contribution in [0.5, 0.6) is 0 Å². The highest BCUT2D eigenvalue weighted by Gasteiger charge is 1.94. The third kappa shape index (κ3) is 20.2. The van der Waals surface area contributed by atoms with Crippen LogP contribution in [0.1, 0.15) is 109 Å². The number of rotatable bonds is 18. The zero-order valence-electron chi connectivity index (χ0n) is 14.4. The first kappa shape index (κ1) is 21.2. The molecule has 1 heteroatoms. The topological polar surface area (TPSA) is 0 Å². The average molecular weight is 359 g/mol. The monoisotopic (exact) mass is 358 g/mol. The van der Waals surface area contributed by atoms with Crippen molar-refractivity contribution in [2.24, 2.45) is 0 Å². The summed E-state index contributed by atoms with van der Waals surface area (Å²) in [5.74, 6) is 0. The van der Waals surface area contributed by atoms with Crippen molar-refractivity contribution >= 4 is 15.9 Å². The predicted octanol–water partition coefficient (Wildman–Crippen LogP) is 8.20. The summed E-state index contributed by atoms with van der Waals surface area (Å²) in [5, 5.41) is 1.18. The van der Waals surface area contributed by atoms with Gasteiger partial charge in [0.25, 0.3) is 0 Å². The molecule has 0 aliphatic rings. The van der Waals surface area contributed by atoms with Gasteiger partial charge in [-0.2, -0.15) is 0 Å². The predicted molar refractivity (Wildman–Crippen MR) is 102 cm³/mol. The van der Waals surface area contributed by atoms with E-state index in [-0.39, 0.29) is 0 Å². The van der Waals surface area contributed by atoms with Crippen molar-refractivity contribution in [1.29, 1.82) is 0 Å². The van der Waals surface area contributed by atoms with Crippen LogP contribution in [0.15, 0.2) is 12.7 Å². The summed E-state index contributed by atoms with van der Waals surface area (Å²) in [6, 6.07) is 0. The van der Waals surface area contributed by atoms with E-state index in [0.29, 0.717) is 0 Å². The molecule has 0 aliphatic heterocycles. The molecule has 0 saturated heterocycles. The molecule has 0 aromatic heterocycles. The lowest BCUT2D eigenvalue weighted by Crippen LogP contribution is -1.84. The zero-order valence-corrected chi connectivity index (χ0v) is 16.0. The van der Waals surface area contributed by atoms with E-state index in [1.807, 2.05) is 6.08 Å². The summed E-state index contributed by atoms with van der Waals surface area (Å²) in [7, 11) is 0. The highest BCUT2D eigenvalue weighted by molar-refractivity contribution is 9.09. The Hall–Kier alpha value is 0.220. The van der Waals surface area contributed by atoms with Crippen LogP contribution in [0, 0.1) is 0 Å². The first-order chi connectivity index (χ1) is 10.4. The van der Waals surface area contributed by atoms with E-state index in [1.54, 1.807) is 0 Å². The SMILES string of the molecule is C=CCCCCCCCCCCCCCCCCCCBr. The molecule has 0 bridgehead atoms. The molecule has 0 amide bonds. The van der Waals surface area contributed by atoms with Crippen molar-refractivity contribution in [2.45, 2.75) is 109 Å². The molecule has 0 N–H and O–H groups in total. The van der Waals surface area contributed by atoms with Gasteiger partial charge in [-0.1, -0.05) is 112 Å². The Morgan fingerprint density at radius 2 is 0.762 bits per heavy atom. The first-order valence-corrected chi connectivity index (χ1v) is 10.7. The lowest BCUT2D eigenvalue weighted by atomic mass is 10.0. The molecule has 0 aliphatic carbocycles. The minimum Gasteiger partial charge on any atom is -0.103 e. The summed E-state index contributed by atoms with van der Waals surface area (Å²) in [6.07, 6.45) is 26.3. The fourth-order valence-electron chi connectivity index (χ4n) is 2.86. The Bertz CT molecular complexity index is 188. The molecule has 21 heavy (non-hydrogen) atoms. The Morgan fingerprint density at radius 1 is 0.476 bits per heavy atom. The van der Waals surface area contributed by atoms with E-state index in [1.165, 1.54) is 114 Å². The quantitative estimate of drug-likeness (QED) is 0.131. The smallest absolute Gasteiger partial charge is 0.00313 e. The fourth-order valence-corrected chi connectivity index (χ4v) is 3.25. The van der Waals surface area contributed by atoms with Gasteiger partial charge in [-0.25, -0.2) is 0 Å². The van der Waals surface area contributed by atoms with Gasteiger partial charge in [-0.3, -0.25) is 0 Å². The number of halogens is 1. The molecule has 0 aromatic carbocycles. The summed E-state index contributed by atoms with van der Waals surface area (Å²) in [4.78, 5) is 0. The maximum atomic E-state index is 3.77. The van der Waals surface area contributed by atoms with Crippen LogP contribution in [0.4, 0.5) is 0 Å². The van der Waals surface area contributed by atoms with Crippen LogP contribution in [-0.2, 0) is 0 Å². The number of hydrogen-bond donors (Lipinski definition) is 0. The molecule has 0 spiro atoms. The largest absolute Gasteiger partial charge is 0.103 e. The van der Waals surface area contributed by atoms with E-state index >= 15 is 0 Å². The lowest BCUT2D eigenvalue weighted by molar-refractivity contribution is 0.530. The molecule has 0 fully saturated rings. The number of allylic oxidation sites excluding steroid dienone is 1. The van der Waals surface area contributed by atoms with Crippen LogP contribution >= 0.6 is 15.9 Å². The van der Waals surface area contributed by atoms with Gasteiger partial charge < -0.3 is 0 Å². The van der Waals surface area contributed by atoms with E-state index in [9.17, 15) is 0 Å². The normalized spacial score (nSPS) is 10.9. The molecule has 0 heterocycles. The van der Waals surface area contributed by atoms with Gasteiger partial charge in [0.1, 0.15) is 0 Å². The van der Waals surface area contributed by atoms with Crippen molar-refractivity contribution < 1.29 is 0 Å². The first-order valence-electron chi connectivity index (χ1n) is 9.58. The highest BCUT2D eigenvalue weighted by Crippen LogP contribution is 2.14. The lowest BCUT2D eigenvalue weighted by Gasteiger charge is -2.03. The summed E-state index contributed by atoms with van der Waals surface area (Å²) >= 11 is 3.49. The minimum absolute atomic E-state index is 1.18. The van der Waals surface area contributed by atoms with Gasteiger partial charge in [-0.15, -0.1) is 6.58 Å². The Kier molecular flexibility index (Phi) is 20.4. The van der Waals surface area contributed by atoms with Gasteiger partial charge in [0.2, 0.25) is 0 Å². The molecular weight excluding hydrogens is 320 g/mol. The number of hydrogen-bond acceptors (Lipinski definition) is 0. The van der Waals surface area contributed by atoms with Gasteiger partial charge >= 0.3 is 0 Å². The molecule has 0 saturated carbocycles. The highest BCUT2D eigenvalue weighted by atomic mass is 79.9. The molecule has 0 aromatic rings. The number of unbranched alkanes of at least 4 members (excludes halogenated alkanes) is 16. The second-order valence-corrected chi connectivity index (χ2v) is 7.22. The van der Waals surface area contributed by atoms with Crippen LogP contribution in [-0.4, -0.2) is 5.33 Å². The Balaban J connectivity index is 2.91. The van der Waals surface area contributed by atoms with Gasteiger partial charge in [0.15, 0.2) is 0 Å². The van der Waals surface area contributed by atoms with Crippen LogP contribution < -0.4 is 0 Å². The fraction of sp³-hybridized carbons (Fsp3) is 0.900. The second-order valence-electron chi connectivity index (χ2n) is 6.42. The van der Waals surface area contributed by atoms with E-state index in [2.05, 4.69) is 22.5 Å². The van der Waals surface area contributed by atoms with Crippen LogP contribution in [0.2, 0.25) is 0 Å². The Morgan fingerprint density at radius 3 is 1.05 bits per heavy atom. The molecule has 0 atom stereocenters. The second kappa shape index (κ2) is 20.2. The summed E-state index contributed by atoms with van der Waals surface area (Å²) < 4.78 is 0. The van der Waals surface area contributed by atoms with Gasteiger partial charge in [0, 0.05) is 5.33 Å². The molecule has 0 radical (unpaired) electrons. The van der Waals surface area contributed by atoms with Crippen molar-refractivity contribution in [3.63, 3.8) is 0 Å². The van der Waals surface area contributed by atoms with Gasteiger partial charge in [0.05, 0.1) is 0 Å². The molecule has 0 nitrogen and oxygen atoms in total. The maximum Gasteiger partial charge on any atom is 0.00313 e. The minimum atomic E-state index is 1.18. The summed E-state index contributed by atoms with van der Waals surface area (Å²) in [6.45, 7) is 3.77. The number of alkyl halides is 1. The van der Waals surface area contributed by atoms with Crippen molar-refractivity contribution in [3.05, 3.63) is 12.7 Å². The zero-order chi connectivity index (χ0) is 15.4. The molecular formula is C20H39Br. The maximum absolute atomic E-state index is 3.77. The Labute approximate surface area is 143 Å². The third-order valence-corrected chi connectivity index (χ3v) is 4.85. The van der Waals surface area contributed by atoms with Crippen LogP contribution in [0.3, 0.4) is 0 Å². The molecule has 0 rings (SSSR count). The average Bonchev–Trinajstić information content (AvgIpc) is 2.50. The van der Waals surface area contributed by atoms with Crippen molar-refractivity contribution in [1.82, 2.24) is 0 Å².